The molecule has 5 heteroatoms. The van der Waals surface area contributed by atoms with Crippen molar-refractivity contribution in [1.29, 1.82) is 0 Å². The topological polar surface area (TPSA) is 69.6 Å². The molecule has 5 nitrogen and oxygen atoms in total. The summed E-state index contributed by atoms with van der Waals surface area (Å²) in [5.74, 6) is -0.345. The molecule has 1 saturated heterocycles. The van der Waals surface area contributed by atoms with E-state index in [1.165, 1.54) is 0 Å². The maximum Gasteiger partial charge on any atom is 0.251 e. The molecule has 0 saturated carbocycles. The van der Waals surface area contributed by atoms with Gasteiger partial charge in [-0.05, 0) is 38.8 Å². The quantitative estimate of drug-likeness (QED) is 0.876. The van der Waals surface area contributed by atoms with Crippen LogP contribution in [0.15, 0.2) is 24.3 Å². The Kier molecular flexibility index (Phi) is 4.63. The normalized spacial score (nSPS) is 17.4. The monoisotopic (exact) mass is 290 g/mol. The molecule has 0 atom stereocenters. The number of aliphatic hydroxyl groups is 1. The third kappa shape index (κ3) is 4.29. The van der Waals surface area contributed by atoms with E-state index in [0.29, 0.717) is 31.5 Å². The second-order valence-corrected chi connectivity index (χ2v) is 5.93. The van der Waals surface area contributed by atoms with Crippen LogP contribution in [-0.4, -0.2) is 47.1 Å². The van der Waals surface area contributed by atoms with Crippen LogP contribution in [0.4, 0.5) is 0 Å². The SMILES string of the molecule is Cc1cccc(C(=O)NCC(=O)N2CCC(C)(O)CC2)c1. The molecule has 0 aliphatic carbocycles. The first-order chi connectivity index (χ1) is 9.87. The number of rotatable bonds is 3. The van der Waals surface area contributed by atoms with Crippen molar-refractivity contribution in [3.05, 3.63) is 35.4 Å². The number of amides is 2. The zero-order valence-electron chi connectivity index (χ0n) is 12.6. The predicted molar refractivity (Wildman–Crippen MR) is 80.0 cm³/mol. The van der Waals surface area contributed by atoms with Crippen molar-refractivity contribution in [3.8, 4) is 0 Å². The third-order valence-electron chi connectivity index (χ3n) is 3.87. The number of hydrogen-bond acceptors (Lipinski definition) is 3. The van der Waals surface area contributed by atoms with Gasteiger partial charge in [0.25, 0.3) is 5.91 Å². The van der Waals surface area contributed by atoms with Gasteiger partial charge in [-0.2, -0.15) is 0 Å². The van der Waals surface area contributed by atoms with Crippen molar-refractivity contribution in [1.82, 2.24) is 10.2 Å². The van der Waals surface area contributed by atoms with E-state index in [2.05, 4.69) is 5.32 Å². The van der Waals surface area contributed by atoms with E-state index >= 15 is 0 Å². The van der Waals surface area contributed by atoms with E-state index in [4.69, 9.17) is 0 Å². The van der Waals surface area contributed by atoms with Gasteiger partial charge in [0.05, 0.1) is 12.1 Å². The molecule has 21 heavy (non-hydrogen) atoms. The highest BCUT2D eigenvalue weighted by molar-refractivity contribution is 5.96. The molecule has 0 aromatic heterocycles. The van der Waals surface area contributed by atoms with Gasteiger partial charge in [-0.3, -0.25) is 9.59 Å². The molecule has 0 radical (unpaired) electrons. The first-order valence-corrected chi connectivity index (χ1v) is 7.22. The van der Waals surface area contributed by atoms with E-state index in [1.807, 2.05) is 19.1 Å². The number of carbonyl (C=O) groups excluding carboxylic acids is 2. The Balaban J connectivity index is 1.83. The van der Waals surface area contributed by atoms with Crippen molar-refractivity contribution in [3.63, 3.8) is 0 Å². The molecule has 1 heterocycles. The second kappa shape index (κ2) is 6.26. The van der Waals surface area contributed by atoms with Crippen LogP contribution in [0.1, 0.15) is 35.7 Å². The van der Waals surface area contributed by atoms with Gasteiger partial charge >= 0.3 is 0 Å². The lowest BCUT2D eigenvalue weighted by atomic mass is 9.94. The molecule has 2 N–H and O–H groups in total. The predicted octanol–water partition coefficient (Wildman–Crippen LogP) is 1.10. The molecule has 2 rings (SSSR count). The van der Waals surface area contributed by atoms with E-state index in [9.17, 15) is 14.7 Å². The summed E-state index contributed by atoms with van der Waals surface area (Å²) >= 11 is 0. The van der Waals surface area contributed by atoms with Gasteiger partial charge in [-0.25, -0.2) is 0 Å². The van der Waals surface area contributed by atoms with Crippen molar-refractivity contribution in [2.24, 2.45) is 0 Å². The Hall–Kier alpha value is -1.88. The van der Waals surface area contributed by atoms with Crippen LogP contribution in [0.2, 0.25) is 0 Å². The molecule has 0 unspecified atom stereocenters. The lowest BCUT2D eigenvalue weighted by Crippen LogP contribution is -2.48. The number of likely N-dealkylation sites (tertiary alicyclic amines) is 1. The molecule has 1 aliphatic rings. The lowest BCUT2D eigenvalue weighted by Gasteiger charge is -2.35. The van der Waals surface area contributed by atoms with Gasteiger partial charge in [0, 0.05) is 18.7 Å². The van der Waals surface area contributed by atoms with Gasteiger partial charge in [-0.15, -0.1) is 0 Å². The highest BCUT2D eigenvalue weighted by Gasteiger charge is 2.29. The minimum Gasteiger partial charge on any atom is -0.390 e. The molecule has 0 bridgehead atoms. The van der Waals surface area contributed by atoms with Crippen LogP contribution < -0.4 is 5.32 Å². The van der Waals surface area contributed by atoms with Crippen molar-refractivity contribution in [2.45, 2.75) is 32.3 Å². The average Bonchev–Trinajstić information content (AvgIpc) is 2.44. The summed E-state index contributed by atoms with van der Waals surface area (Å²) in [6.07, 6.45) is 1.15. The fraction of sp³-hybridized carbons (Fsp3) is 0.500. The summed E-state index contributed by atoms with van der Waals surface area (Å²) < 4.78 is 0. The molecule has 2 amide bonds. The van der Waals surface area contributed by atoms with Crippen LogP contribution in [0.5, 0.6) is 0 Å². The summed E-state index contributed by atoms with van der Waals surface area (Å²) in [6.45, 7) is 4.77. The van der Waals surface area contributed by atoms with Crippen LogP contribution in [0, 0.1) is 6.92 Å². The Bertz CT molecular complexity index is 530. The third-order valence-corrected chi connectivity index (χ3v) is 3.87. The van der Waals surface area contributed by atoms with Gasteiger partial charge in [-0.1, -0.05) is 17.7 Å². The van der Waals surface area contributed by atoms with Gasteiger partial charge in [0.2, 0.25) is 5.91 Å². The van der Waals surface area contributed by atoms with Gasteiger partial charge < -0.3 is 15.3 Å². The second-order valence-electron chi connectivity index (χ2n) is 5.93. The fourth-order valence-corrected chi connectivity index (χ4v) is 2.39. The Morgan fingerprint density at radius 3 is 2.62 bits per heavy atom. The van der Waals surface area contributed by atoms with Gasteiger partial charge in [0.15, 0.2) is 0 Å². The van der Waals surface area contributed by atoms with Crippen LogP contribution in [0.25, 0.3) is 0 Å². The molecule has 1 aromatic carbocycles. The summed E-state index contributed by atoms with van der Waals surface area (Å²) in [5.41, 5.74) is 0.887. The number of nitrogens with one attached hydrogen (secondary N) is 1. The van der Waals surface area contributed by atoms with E-state index < -0.39 is 5.60 Å². The summed E-state index contributed by atoms with van der Waals surface area (Å²) in [4.78, 5) is 25.7. The lowest BCUT2D eigenvalue weighted by molar-refractivity contribution is -0.133. The number of carbonyl (C=O) groups is 2. The van der Waals surface area contributed by atoms with Crippen LogP contribution >= 0.6 is 0 Å². The standard InChI is InChI=1S/C16H22N2O3/c1-12-4-3-5-13(10-12)15(20)17-11-14(19)18-8-6-16(2,21)7-9-18/h3-5,10,21H,6-9,11H2,1-2H3,(H,17,20). The number of hydrogen-bond donors (Lipinski definition) is 2. The fourth-order valence-electron chi connectivity index (χ4n) is 2.39. The zero-order chi connectivity index (χ0) is 15.5. The molecule has 1 aliphatic heterocycles. The number of piperidine rings is 1. The zero-order valence-corrected chi connectivity index (χ0v) is 12.6. The van der Waals surface area contributed by atoms with Crippen LogP contribution in [-0.2, 0) is 4.79 Å². The first kappa shape index (κ1) is 15.5. The largest absolute Gasteiger partial charge is 0.390 e. The molecule has 1 fully saturated rings. The minimum absolute atomic E-state index is 0.00504. The van der Waals surface area contributed by atoms with E-state index in [-0.39, 0.29) is 18.4 Å². The Morgan fingerprint density at radius 1 is 1.33 bits per heavy atom. The smallest absolute Gasteiger partial charge is 0.251 e. The maximum absolute atomic E-state index is 12.0. The minimum atomic E-state index is -0.679. The maximum atomic E-state index is 12.0. The molecule has 1 aromatic rings. The molecular formula is C16H22N2O3. The summed E-state index contributed by atoms with van der Waals surface area (Å²) in [7, 11) is 0. The van der Waals surface area contributed by atoms with E-state index in [0.717, 1.165) is 5.56 Å². The number of nitrogens with zero attached hydrogens (tertiary/aromatic N) is 1. The molecular weight excluding hydrogens is 268 g/mol. The van der Waals surface area contributed by atoms with Gasteiger partial charge in [0.1, 0.15) is 0 Å². The highest BCUT2D eigenvalue weighted by atomic mass is 16.3. The van der Waals surface area contributed by atoms with E-state index in [1.54, 1.807) is 24.0 Å². The number of aryl methyl sites for hydroxylation is 1. The molecule has 114 valence electrons. The Labute approximate surface area is 125 Å². The number of benzene rings is 1. The van der Waals surface area contributed by atoms with Crippen molar-refractivity contribution < 1.29 is 14.7 Å². The van der Waals surface area contributed by atoms with Crippen LogP contribution in [0.3, 0.4) is 0 Å². The average molecular weight is 290 g/mol. The van der Waals surface area contributed by atoms with Crippen molar-refractivity contribution >= 4 is 11.8 Å². The Morgan fingerprint density at radius 2 is 2.00 bits per heavy atom. The first-order valence-electron chi connectivity index (χ1n) is 7.22. The summed E-state index contributed by atoms with van der Waals surface area (Å²) in [5, 5.41) is 12.5. The highest BCUT2D eigenvalue weighted by Crippen LogP contribution is 2.20. The summed E-state index contributed by atoms with van der Waals surface area (Å²) in [6, 6.07) is 7.25. The van der Waals surface area contributed by atoms with Crippen molar-refractivity contribution in [2.75, 3.05) is 19.6 Å². The molecule has 0 spiro atoms.